The Hall–Kier alpha value is -1.03. The van der Waals surface area contributed by atoms with Crippen molar-refractivity contribution < 1.29 is 9.90 Å². The molecular weight excluding hydrogens is 246 g/mol. The Morgan fingerprint density at radius 3 is 3.11 bits per heavy atom. The van der Waals surface area contributed by atoms with Gasteiger partial charge >= 0.3 is 5.97 Å². The molecule has 1 aliphatic rings. The minimum Gasteiger partial charge on any atom is -0.478 e. The van der Waals surface area contributed by atoms with Crippen LogP contribution in [0.1, 0.15) is 48.7 Å². The van der Waals surface area contributed by atoms with E-state index < -0.39 is 5.97 Å². The monoisotopic (exact) mass is 265 g/mol. The molecule has 4 heteroatoms. The SMILES string of the molecule is CC1CCCC(SCc2ncccc2C(=O)O)C1. The first-order chi connectivity index (χ1) is 8.66. The van der Waals surface area contributed by atoms with Crippen LogP contribution in [0.15, 0.2) is 18.3 Å². The molecule has 0 aliphatic heterocycles. The van der Waals surface area contributed by atoms with Gasteiger partial charge in [0.1, 0.15) is 0 Å². The van der Waals surface area contributed by atoms with E-state index in [1.807, 2.05) is 11.8 Å². The van der Waals surface area contributed by atoms with E-state index in [2.05, 4.69) is 11.9 Å². The number of hydrogen-bond acceptors (Lipinski definition) is 3. The molecule has 18 heavy (non-hydrogen) atoms. The third-order valence-electron chi connectivity index (χ3n) is 3.46. The molecule has 0 aromatic carbocycles. The normalized spacial score (nSPS) is 23.8. The molecule has 0 amide bonds. The van der Waals surface area contributed by atoms with Crippen molar-refractivity contribution in [1.29, 1.82) is 0 Å². The van der Waals surface area contributed by atoms with E-state index in [0.717, 1.165) is 5.92 Å². The van der Waals surface area contributed by atoms with Crippen LogP contribution in [0.5, 0.6) is 0 Å². The molecule has 1 aliphatic carbocycles. The lowest BCUT2D eigenvalue weighted by molar-refractivity contribution is 0.0695. The lowest BCUT2D eigenvalue weighted by Crippen LogP contribution is -2.15. The highest BCUT2D eigenvalue weighted by molar-refractivity contribution is 7.99. The summed E-state index contributed by atoms with van der Waals surface area (Å²) in [5, 5.41) is 9.76. The predicted octanol–water partition coefficient (Wildman–Crippen LogP) is 3.59. The lowest BCUT2D eigenvalue weighted by Gasteiger charge is -2.26. The smallest absolute Gasteiger partial charge is 0.337 e. The van der Waals surface area contributed by atoms with E-state index >= 15 is 0 Å². The highest BCUT2D eigenvalue weighted by Gasteiger charge is 2.20. The van der Waals surface area contributed by atoms with Gasteiger partial charge in [-0.1, -0.05) is 19.8 Å². The Balaban J connectivity index is 1.95. The number of aromatic carboxylic acids is 1. The largest absolute Gasteiger partial charge is 0.478 e. The summed E-state index contributed by atoms with van der Waals surface area (Å²) in [6, 6.07) is 3.31. The highest BCUT2D eigenvalue weighted by atomic mass is 32.2. The second kappa shape index (κ2) is 6.23. The average molecular weight is 265 g/mol. The van der Waals surface area contributed by atoms with Crippen molar-refractivity contribution in [3.63, 3.8) is 0 Å². The highest BCUT2D eigenvalue weighted by Crippen LogP contribution is 2.33. The van der Waals surface area contributed by atoms with E-state index in [1.54, 1.807) is 18.3 Å². The van der Waals surface area contributed by atoms with Gasteiger partial charge in [0.15, 0.2) is 0 Å². The first-order valence-electron chi connectivity index (χ1n) is 6.45. The van der Waals surface area contributed by atoms with Gasteiger partial charge in [0.25, 0.3) is 0 Å². The number of rotatable bonds is 4. The van der Waals surface area contributed by atoms with Crippen molar-refractivity contribution in [2.75, 3.05) is 0 Å². The molecule has 2 atom stereocenters. The molecule has 1 heterocycles. The Labute approximate surface area is 112 Å². The van der Waals surface area contributed by atoms with Crippen molar-refractivity contribution in [3.05, 3.63) is 29.6 Å². The van der Waals surface area contributed by atoms with E-state index in [4.69, 9.17) is 5.11 Å². The molecule has 1 fully saturated rings. The van der Waals surface area contributed by atoms with Crippen molar-refractivity contribution in [2.24, 2.45) is 5.92 Å². The van der Waals surface area contributed by atoms with Gasteiger partial charge in [-0.3, -0.25) is 4.98 Å². The molecule has 0 spiro atoms. The summed E-state index contributed by atoms with van der Waals surface area (Å²) in [5.41, 5.74) is 1.04. The van der Waals surface area contributed by atoms with Crippen molar-refractivity contribution in [3.8, 4) is 0 Å². The molecule has 2 rings (SSSR count). The minimum absolute atomic E-state index is 0.342. The van der Waals surface area contributed by atoms with Gasteiger partial charge in [-0.05, 0) is 30.9 Å². The number of pyridine rings is 1. The molecule has 3 nitrogen and oxygen atoms in total. The van der Waals surface area contributed by atoms with Crippen LogP contribution in [0.3, 0.4) is 0 Å². The molecule has 0 bridgehead atoms. The van der Waals surface area contributed by atoms with Gasteiger partial charge < -0.3 is 5.11 Å². The molecule has 1 saturated carbocycles. The maximum Gasteiger partial charge on any atom is 0.337 e. The first-order valence-corrected chi connectivity index (χ1v) is 7.50. The van der Waals surface area contributed by atoms with Crippen LogP contribution in [0.4, 0.5) is 0 Å². The van der Waals surface area contributed by atoms with E-state index in [1.165, 1.54) is 25.7 Å². The van der Waals surface area contributed by atoms with E-state index in [0.29, 0.717) is 22.3 Å². The van der Waals surface area contributed by atoms with Gasteiger partial charge in [0, 0.05) is 17.2 Å². The second-order valence-corrected chi connectivity index (χ2v) is 6.30. The van der Waals surface area contributed by atoms with Crippen molar-refractivity contribution >= 4 is 17.7 Å². The number of carboxylic acids is 1. The fraction of sp³-hybridized carbons (Fsp3) is 0.571. The average Bonchev–Trinajstić information content (AvgIpc) is 2.37. The summed E-state index contributed by atoms with van der Waals surface area (Å²) in [6.45, 7) is 2.30. The van der Waals surface area contributed by atoms with Crippen LogP contribution in [-0.4, -0.2) is 21.3 Å². The van der Waals surface area contributed by atoms with Gasteiger partial charge in [-0.15, -0.1) is 0 Å². The molecule has 1 N–H and O–H groups in total. The predicted molar refractivity (Wildman–Crippen MR) is 73.9 cm³/mol. The van der Waals surface area contributed by atoms with Gasteiger partial charge in [-0.25, -0.2) is 4.79 Å². The van der Waals surface area contributed by atoms with Crippen molar-refractivity contribution in [2.45, 2.75) is 43.6 Å². The Morgan fingerprint density at radius 2 is 2.39 bits per heavy atom. The second-order valence-electron chi connectivity index (χ2n) is 5.01. The molecule has 1 aromatic heterocycles. The van der Waals surface area contributed by atoms with Crippen LogP contribution in [0, 0.1) is 5.92 Å². The third-order valence-corrected chi connectivity index (χ3v) is 4.80. The number of thioether (sulfide) groups is 1. The fourth-order valence-electron chi connectivity index (χ4n) is 2.47. The van der Waals surface area contributed by atoms with Gasteiger partial charge in [-0.2, -0.15) is 11.8 Å². The Kier molecular flexibility index (Phi) is 4.64. The summed E-state index contributed by atoms with van der Waals surface area (Å²) < 4.78 is 0. The van der Waals surface area contributed by atoms with Crippen LogP contribution in [-0.2, 0) is 5.75 Å². The zero-order valence-corrected chi connectivity index (χ0v) is 11.4. The lowest BCUT2D eigenvalue weighted by atomic mass is 9.91. The molecule has 2 unspecified atom stereocenters. The maximum absolute atomic E-state index is 11.1. The van der Waals surface area contributed by atoms with Crippen LogP contribution < -0.4 is 0 Å². The zero-order valence-electron chi connectivity index (χ0n) is 10.6. The summed E-state index contributed by atoms with van der Waals surface area (Å²) in [5.74, 6) is 0.634. The number of aromatic nitrogens is 1. The molecule has 0 saturated heterocycles. The van der Waals surface area contributed by atoms with Crippen LogP contribution >= 0.6 is 11.8 Å². The molecule has 98 valence electrons. The Morgan fingerprint density at radius 1 is 1.56 bits per heavy atom. The number of carbonyl (C=O) groups is 1. The number of hydrogen-bond donors (Lipinski definition) is 1. The topological polar surface area (TPSA) is 50.2 Å². The quantitative estimate of drug-likeness (QED) is 0.903. The van der Waals surface area contributed by atoms with Crippen molar-refractivity contribution in [1.82, 2.24) is 4.98 Å². The summed E-state index contributed by atoms with van der Waals surface area (Å²) in [4.78, 5) is 15.3. The van der Waals surface area contributed by atoms with Crippen LogP contribution in [0.2, 0.25) is 0 Å². The Bertz CT molecular complexity index is 422. The summed E-state index contributed by atoms with van der Waals surface area (Å²) in [7, 11) is 0. The van der Waals surface area contributed by atoms with Gasteiger partial charge in [0.05, 0.1) is 11.3 Å². The van der Waals surface area contributed by atoms with E-state index in [-0.39, 0.29) is 0 Å². The first kappa shape index (κ1) is 13.4. The summed E-state index contributed by atoms with van der Waals surface area (Å²) >= 11 is 1.86. The zero-order chi connectivity index (χ0) is 13.0. The standard InChI is InChI=1S/C14H19NO2S/c1-10-4-2-5-11(8-10)18-9-13-12(14(16)17)6-3-7-15-13/h3,6-7,10-11H,2,4-5,8-9H2,1H3,(H,16,17). The third kappa shape index (κ3) is 3.48. The molecular formula is C14H19NO2S. The molecule has 0 radical (unpaired) electrons. The minimum atomic E-state index is -0.879. The summed E-state index contributed by atoms with van der Waals surface area (Å²) in [6.07, 6.45) is 6.81. The van der Waals surface area contributed by atoms with Gasteiger partial charge in [0.2, 0.25) is 0 Å². The van der Waals surface area contributed by atoms with Crippen LogP contribution in [0.25, 0.3) is 0 Å². The maximum atomic E-state index is 11.1. The number of carboxylic acid groups (broad SMARTS) is 1. The fourth-order valence-corrected chi connectivity index (χ4v) is 3.90. The molecule has 1 aromatic rings. The van der Waals surface area contributed by atoms with E-state index in [9.17, 15) is 4.79 Å². The number of nitrogens with zero attached hydrogens (tertiary/aromatic N) is 1.